The molecule has 2 heterocycles. The van der Waals surface area contributed by atoms with Gasteiger partial charge >= 0.3 is 186 Å². The number of hydrogen-bond acceptors (Lipinski definition) is 3. The molecule has 22 heteroatoms. The fourth-order valence-electron chi connectivity index (χ4n) is 2.21. The van der Waals surface area contributed by atoms with Gasteiger partial charge in [-0.3, -0.25) is 0 Å². The Hall–Kier alpha value is -0.859. The summed E-state index contributed by atoms with van der Waals surface area (Å²) in [6.07, 6.45) is 3.13. The van der Waals surface area contributed by atoms with Gasteiger partial charge in [-0.15, -0.1) is 0 Å². The maximum absolute atomic E-state index is 12.8. The molecule has 0 aliphatic carbocycles. The summed E-state index contributed by atoms with van der Waals surface area (Å²) in [4.78, 5) is 4.45. The van der Waals surface area contributed by atoms with E-state index < -0.39 is 31.8 Å². The molecule has 0 saturated heterocycles. The van der Waals surface area contributed by atoms with Crippen LogP contribution in [0.3, 0.4) is 0 Å². The van der Waals surface area contributed by atoms with Crippen molar-refractivity contribution in [3.8, 4) is 0 Å². The number of pyridine rings is 1. The van der Waals surface area contributed by atoms with Crippen LogP contribution in [0.2, 0.25) is 5.02 Å². The van der Waals surface area contributed by atoms with Gasteiger partial charge in [-0.1, -0.05) is 0 Å². The van der Waals surface area contributed by atoms with E-state index >= 15 is 0 Å². The van der Waals surface area contributed by atoms with E-state index in [1.807, 2.05) is 6.92 Å². The molecule has 0 radical (unpaired) electrons. The maximum Gasteiger partial charge on any atom is 0.673 e. The van der Waals surface area contributed by atoms with E-state index in [0.29, 0.717) is 59.6 Å². The molecule has 0 spiro atoms. The van der Waals surface area contributed by atoms with Crippen LogP contribution in [0.1, 0.15) is 5.56 Å². The Labute approximate surface area is 235 Å². The number of nitrogens with zero attached hydrogens (tertiary/aromatic N) is 2. The van der Waals surface area contributed by atoms with Gasteiger partial charge in [0.25, 0.3) is 0 Å². The zero-order chi connectivity index (χ0) is 28.7. The summed E-state index contributed by atoms with van der Waals surface area (Å²) in [5.41, 5.74) is 1.45. The first kappa shape index (κ1) is 35.1. The van der Waals surface area contributed by atoms with Crippen LogP contribution in [-0.4, -0.2) is 88.1 Å². The van der Waals surface area contributed by atoms with Crippen LogP contribution in [0.4, 0.5) is 51.8 Å². The van der Waals surface area contributed by atoms with Gasteiger partial charge in [-0.05, 0) is 0 Å². The van der Waals surface area contributed by atoms with Crippen molar-refractivity contribution < 1.29 is 60.2 Å². The van der Waals surface area contributed by atoms with Gasteiger partial charge in [-0.25, -0.2) is 0 Å². The molecule has 0 aliphatic heterocycles. The predicted octanol–water partition coefficient (Wildman–Crippen LogP) is 5.93. The number of rotatable bonds is 2. The number of halogens is 13. The monoisotopic (exact) mass is 605 g/mol. The average Bonchev–Trinajstić information content (AvgIpc) is 2.95. The summed E-state index contributed by atoms with van der Waals surface area (Å²) in [6.45, 7) is 1.92. The predicted molar refractivity (Wildman–Crippen MR) is 114 cm³/mol. The van der Waals surface area contributed by atoms with Crippen LogP contribution in [0.25, 0.3) is 11.0 Å². The number of aromatic nitrogens is 2. The van der Waals surface area contributed by atoms with Gasteiger partial charge in [-0.2, -0.15) is 0 Å². The van der Waals surface area contributed by atoms with Crippen molar-refractivity contribution in [2.45, 2.75) is 11.8 Å². The average molecular weight is 605 g/mol. The van der Waals surface area contributed by atoms with Crippen molar-refractivity contribution in [3.63, 3.8) is 0 Å². The van der Waals surface area contributed by atoms with Gasteiger partial charge in [0.15, 0.2) is 0 Å². The second-order valence-electron chi connectivity index (χ2n) is 6.44. The van der Waals surface area contributed by atoms with Crippen molar-refractivity contribution in [3.05, 3.63) is 53.3 Å². The van der Waals surface area contributed by atoms with Gasteiger partial charge in [0.1, 0.15) is 0 Å². The smallest absolute Gasteiger partial charge is 0.418 e. The third-order valence-corrected chi connectivity index (χ3v) is 6.47. The molecule has 0 saturated carbocycles. The van der Waals surface area contributed by atoms with Crippen LogP contribution < -0.4 is -0.342 Å². The fourth-order valence-corrected chi connectivity index (χ4v) is 5.02. The zero-order valence-corrected chi connectivity index (χ0v) is 22.5. The molecule has 0 N–H and O–H groups in total. The van der Waals surface area contributed by atoms with Crippen molar-refractivity contribution in [2.75, 3.05) is 0 Å². The van der Waals surface area contributed by atoms with Crippen LogP contribution in [-0.2, 0) is 10.0 Å². The van der Waals surface area contributed by atoms with E-state index in [1.165, 1.54) is 10.2 Å². The van der Waals surface area contributed by atoms with E-state index in [0.717, 1.165) is 10.6 Å². The van der Waals surface area contributed by atoms with Gasteiger partial charge in [0.2, 0.25) is 0 Å². The Bertz CT molecular complexity index is 1190. The molecule has 0 amide bonds. The minimum atomic E-state index is -6.00. The molecule has 2 aromatic heterocycles. The topological polar surface area (TPSA) is 52.0 Å². The molecule has 0 unspecified atom stereocenters. The number of aryl methyl sites for hydroxylation is 1. The van der Waals surface area contributed by atoms with E-state index in [-0.39, 0.29) is 4.90 Å². The third kappa shape index (κ3) is 16.1. The molecule has 0 bridgehead atoms. The summed E-state index contributed by atoms with van der Waals surface area (Å²) in [5, 5.41) is 1.33. The Morgan fingerprint density at radius 3 is 1.61 bits per heavy atom. The van der Waals surface area contributed by atoms with Crippen LogP contribution >= 0.6 is 11.6 Å². The van der Waals surface area contributed by atoms with Crippen LogP contribution in [0.15, 0.2) is 47.6 Å². The molecule has 1 aromatic carbocycles. The van der Waals surface area contributed by atoms with Crippen molar-refractivity contribution in [1.29, 1.82) is 0 Å². The molecule has 0 atom stereocenters. The quantitative estimate of drug-likeness (QED) is 0.269. The van der Waals surface area contributed by atoms with Crippen molar-refractivity contribution >= 4 is 103 Å². The SMILES string of the molecule is Cc1ccc(S(=O)(=O)n2c[c]([K])c3cc(Cl)cnc32)cc1.F[B-](F)(F)F.F[B-](F)(F)F.F[B-](F)(F)F. The van der Waals surface area contributed by atoms with Crippen molar-refractivity contribution in [2.24, 2.45) is 0 Å². The molecule has 3 aromatic rings. The van der Waals surface area contributed by atoms with E-state index in [2.05, 4.69) is 4.98 Å². The van der Waals surface area contributed by atoms with Crippen LogP contribution in [0.5, 0.6) is 0 Å². The van der Waals surface area contributed by atoms with E-state index in [1.54, 1.807) is 36.5 Å². The standard InChI is InChI=1S/C14H10ClN2O2S.3BF4.K/c1-10-2-4-13(5-3-10)20(18,19)17-7-6-11-8-12(15)9-16-14(11)17;3*2-1(3,4)5;/h2-5,7-9H,1H3;;;;/q;3*-1;. The molecule has 36 heavy (non-hydrogen) atoms. The minimum absolute atomic E-state index is 0.259. The van der Waals surface area contributed by atoms with Crippen LogP contribution in [0, 0.1) is 6.92 Å². The molecular formula is C14H10B3ClF12KN2O2S-3. The summed E-state index contributed by atoms with van der Waals surface area (Å²) in [7, 11) is -21.6. The number of fused-ring (bicyclic) bond motifs is 1. The molecule has 198 valence electrons. The largest absolute Gasteiger partial charge is 0.673 e. The second kappa shape index (κ2) is 13.8. The third-order valence-electron chi connectivity index (χ3n) is 3.36. The fraction of sp³-hybridized carbons (Fsp3) is 0.0714. The van der Waals surface area contributed by atoms with E-state index in [4.69, 9.17) is 11.6 Å². The molecule has 3 rings (SSSR count). The first-order valence-electron chi connectivity index (χ1n) is 8.97. The first-order chi connectivity index (χ1) is 15.9. The second-order valence-corrected chi connectivity index (χ2v) is 10.4. The Morgan fingerprint density at radius 1 is 0.833 bits per heavy atom. The molecule has 0 aliphatic rings. The number of hydrogen-bond donors (Lipinski definition) is 0. The zero-order valence-electron chi connectivity index (χ0n) is 17.8. The molecule has 4 nitrogen and oxygen atoms in total. The maximum atomic E-state index is 12.8. The van der Waals surface area contributed by atoms with Gasteiger partial charge in [0.05, 0.1) is 0 Å². The summed E-state index contributed by atoms with van der Waals surface area (Å²) < 4.78 is 145. The normalized spacial score (nSPS) is 12.0. The molecular weight excluding hydrogens is 595 g/mol. The Morgan fingerprint density at radius 2 is 1.22 bits per heavy atom. The summed E-state index contributed by atoms with van der Waals surface area (Å²) in [5.74, 6) is 0. The Balaban J connectivity index is 0.000000672. The van der Waals surface area contributed by atoms with Gasteiger partial charge < -0.3 is 51.8 Å². The number of benzene rings is 1. The van der Waals surface area contributed by atoms with E-state index in [9.17, 15) is 60.2 Å². The summed E-state index contributed by atoms with van der Waals surface area (Å²) >= 11 is 6.27. The molecule has 0 fully saturated rings. The van der Waals surface area contributed by atoms with Gasteiger partial charge in [0, 0.05) is 0 Å². The Kier molecular flexibility index (Phi) is 13.5. The first-order valence-corrected chi connectivity index (χ1v) is 12.3. The minimum Gasteiger partial charge on any atom is -0.418 e. The summed E-state index contributed by atoms with van der Waals surface area (Å²) in [6, 6.07) is 8.57. The van der Waals surface area contributed by atoms with Crippen molar-refractivity contribution in [1.82, 2.24) is 8.96 Å².